The largest absolute Gasteiger partial charge is 0.367 e. The van der Waals surface area contributed by atoms with Gasteiger partial charge in [-0.1, -0.05) is 11.3 Å². The molecular formula is C20H19FN4S. The summed E-state index contributed by atoms with van der Waals surface area (Å²) in [7, 11) is 3.94. The Kier molecular flexibility index (Phi) is 3.43. The molecule has 0 fully saturated rings. The van der Waals surface area contributed by atoms with Crippen LogP contribution in [0, 0.1) is 5.82 Å². The van der Waals surface area contributed by atoms with Gasteiger partial charge in [0.2, 0.25) is 0 Å². The maximum atomic E-state index is 13.7. The van der Waals surface area contributed by atoms with Crippen LogP contribution in [-0.2, 0) is 20.0 Å². The molecule has 6 heteroatoms. The third-order valence-electron chi connectivity index (χ3n) is 5.32. The zero-order chi connectivity index (χ0) is 17.8. The van der Waals surface area contributed by atoms with Crippen LogP contribution in [-0.4, -0.2) is 23.1 Å². The van der Waals surface area contributed by atoms with Gasteiger partial charge in [-0.05, 0) is 36.4 Å². The van der Waals surface area contributed by atoms with E-state index < -0.39 is 0 Å². The van der Waals surface area contributed by atoms with Gasteiger partial charge in [0, 0.05) is 55.9 Å². The second-order valence-electron chi connectivity index (χ2n) is 6.74. The van der Waals surface area contributed by atoms with Crippen molar-refractivity contribution in [1.82, 2.24) is 9.55 Å². The van der Waals surface area contributed by atoms with Crippen LogP contribution < -0.4 is 10.2 Å². The Hall–Kier alpha value is -2.60. The standard InChI is InChI=1S/C20H19FN4S/c1-22-20-23-16-6-4-13(10-19(16)26-20)25-8-7-17-15(11-25)14-5-3-12(21)9-18(14)24(17)2/h3-6,9-10H,7-8,11H2,1-2H3,(H,22,23). The summed E-state index contributed by atoms with van der Waals surface area (Å²) in [5.74, 6) is -0.178. The minimum atomic E-state index is -0.178. The molecule has 0 saturated heterocycles. The highest BCUT2D eigenvalue weighted by atomic mass is 32.1. The SMILES string of the molecule is CNc1nc2ccc(N3CCc4c(c5ccc(F)cc5n4C)C3)cc2s1. The van der Waals surface area contributed by atoms with Crippen LogP contribution in [0.3, 0.4) is 0 Å². The lowest BCUT2D eigenvalue weighted by atomic mass is 10.0. The predicted molar refractivity (Wildman–Crippen MR) is 107 cm³/mol. The van der Waals surface area contributed by atoms with E-state index in [2.05, 4.69) is 38.0 Å². The molecule has 5 rings (SSSR count). The van der Waals surface area contributed by atoms with Crippen LogP contribution in [0.25, 0.3) is 21.1 Å². The highest BCUT2D eigenvalue weighted by molar-refractivity contribution is 7.22. The van der Waals surface area contributed by atoms with Crippen molar-refractivity contribution in [3.8, 4) is 0 Å². The van der Waals surface area contributed by atoms with Crippen LogP contribution >= 0.6 is 11.3 Å². The average molecular weight is 366 g/mol. The van der Waals surface area contributed by atoms with E-state index >= 15 is 0 Å². The van der Waals surface area contributed by atoms with E-state index in [1.54, 1.807) is 23.5 Å². The lowest BCUT2D eigenvalue weighted by Crippen LogP contribution is -2.30. The maximum Gasteiger partial charge on any atom is 0.183 e. The summed E-state index contributed by atoms with van der Waals surface area (Å²) in [6, 6.07) is 11.6. The van der Waals surface area contributed by atoms with Crippen LogP contribution in [0.1, 0.15) is 11.3 Å². The number of fused-ring (bicyclic) bond motifs is 4. The first-order valence-electron chi connectivity index (χ1n) is 8.73. The molecule has 4 aromatic rings. The molecule has 1 aliphatic heterocycles. The number of hydrogen-bond donors (Lipinski definition) is 1. The van der Waals surface area contributed by atoms with E-state index in [4.69, 9.17) is 0 Å². The molecule has 4 nitrogen and oxygen atoms in total. The molecule has 1 N–H and O–H groups in total. The normalized spacial score (nSPS) is 14.2. The molecule has 1 aliphatic rings. The van der Waals surface area contributed by atoms with Gasteiger partial charge in [0.05, 0.1) is 15.7 Å². The Labute approximate surface area is 154 Å². The number of benzene rings is 2. The Bertz CT molecular complexity index is 1140. The monoisotopic (exact) mass is 366 g/mol. The van der Waals surface area contributed by atoms with Gasteiger partial charge in [-0.25, -0.2) is 9.37 Å². The topological polar surface area (TPSA) is 33.1 Å². The van der Waals surface area contributed by atoms with Gasteiger partial charge in [-0.2, -0.15) is 0 Å². The molecule has 132 valence electrons. The molecule has 0 saturated carbocycles. The van der Waals surface area contributed by atoms with Crippen LogP contribution in [0.2, 0.25) is 0 Å². The van der Waals surface area contributed by atoms with E-state index in [0.29, 0.717) is 0 Å². The van der Waals surface area contributed by atoms with Crippen LogP contribution in [0.4, 0.5) is 15.2 Å². The predicted octanol–water partition coefficient (Wildman–Crippen LogP) is 4.53. The van der Waals surface area contributed by atoms with Gasteiger partial charge in [-0.15, -0.1) is 0 Å². The Morgan fingerprint density at radius 2 is 2.08 bits per heavy atom. The van der Waals surface area contributed by atoms with E-state index in [1.807, 2.05) is 20.2 Å². The Balaban J connectivity index is 1.56. The summed E-state index contributed by atoms with van der Waals surface area (Å²) in [5.41, 5.74) is 5.86. The zero-order valence-electron chi connectivity index (χ0n) is 14.7. The summed E-state index contributed by atoms with van der Waals surface area (Å²) in [5, 5.41) is 5.21. The number of nitrogens with one attached hydrogen (secondary N) is 1. The highest BCUT2D eigenvalue weighted by Crippen LogP contribution is 2.35. The van der Waals surface area contributed by atoms with Crippen LogP contribution in [0.5, 0.6) is 0 Å². The fraction of sp³-hybridized carbons (Fsp3) is 0.250. The highest BCUT2D eigenvalue weighted by Gasteiger charge is 2.23. The number of rotatable bonds is 2. The number of aromatic nitrogens is 2. The lowest BCUT2D eigenvalue weighted by molar-refractivity contribution is 0.628. The fourth-order valence-corrected chi connectivity index (χ4v) is 4.84. The second-order valence-corrected chi connectivity index (χ2v) is 7.77. The van der Waals surface area contributed by atoms with Gasteiger partial charge in [-0.3, -0.25) is 0 Å². The smallest absolute Gasteiger partial charge is 0.183 e. The molecule has 0 atom stereocenters. The van der Waals surface area contributed by atoms with E-state index in [0.717, 1.165) is 41.1 Å². The van der Waals surface area contributed by atoms with Gasteiger partial charge in [0.25, 0.3) is 0 Å². The molecule has 2 aromatic heterocycles. The number of anilines is 2. The fourth-order valence-electron chi connectivity index (χ4n) is 3.98. The average Bonchev–Trinajstić information content (AvgIpc) is 3.20. The van der Waals surface area contributed by atoms with E-state index in [-0.39, 0.29) is 5.82 Å². The maximum absolute atomic E-state index is 13.7. The van der Waals surface area contributed by atoms with Crippen molar-refractivity contribution in [3.63, 3.8) is 0 Å². The Morgan fingerprint density at radius 1 is 1.19 bits per heavy atom. The minimum absolute atomic E-state index is 0.178. The first kappa shape index (κ1) is 15.6. The third-order valence-corrected chi connectivity index (χ3v) is 6.35. The zero-order valence-corrected chi connectivity index (χ0v) is 15.5. The molecule has 0 aliphatic carbocycles. The molecule has 0 radical (unpaired) electrons. The molecule has 0 spiro atoms. The summed E-state index contributed by atoms with van der Waals surface area (Å²) in [4.78, 5) is 6.96. The first-order valence-corrected chi connectivity index (χ1v) is 9.54. The Morgan fingerprint density at radius 3 is 2.92 bits per heavy atom. The molecule has 0 unspecified atom stereocenters. The lowest BCUT2D eigenvalue weighted by Gasteiger charge is -2.30. The number of halogens is 1. The third kappa shape index (κ3) is 2.29. The van der Waals surface area contributed by atoms with E-state index in [9.17, 15) is 4.39 Å². The van der Waals surface area contributed by atoms with Crippen molar-refractivity contribution in [2.75, 3.05) is 23.8 Å². The summed E-state index contributed by atoms with van der Waals surface area (Å²) < 4.78 is 17.0. The molecule has 0 amide bonds. The van der Waals surface area contributed by atoms with Crippen molar-refractivity contribution in [2.45, 2.75) is 13.0 Å². The van der Waals surface area contributed by atoms with Crippen molar-refractivity contribution in [1.29, 1.82) is 0 Å². The number of thiazole rings is 1. The van der Waals surface area contributed by atoms with Crippen molar-refractivity contribution < 1.29 is 4.39 Å². The summed E-state index contributed by atoms with van der Waals surface area (Å²) in [6.45, 7) is 1.81. The van der Waals surface area contributed by atoms with Gasteiger partial charge >= 0.3 is 0 Å². The molecular weight excluding hydrogens is 347 g/mol. The first-order chi connectivity index (χ1) is 12.6. The van der Waals surface area contributed by atoms with Crippen molar-refractivity contribution >= 4 is 43.3 Å². The van der Waals surface area contributed by atoms with Crippen molar-refractivity contribution in [2.24, 2.45) is 7.05 Å². The summed E-state index contributed by atoms with van der Waals surface area (Å²) >= 11 is 1.67. The molecule has 0 bridgehead atoms. The van der Waals surface area contributed by atoms with E-state index in [1.165, 1.54) is 21.6 Å². The van der Waals surface area contributed by atoms with Gasteiger partial charge in [0.1, 0.15) is 5.82 Å². The summed E-state index contributed by atoms with van der Waals surface area (Å²) in [6.07, 6.45) is 0.963. The van der Waals surface area contributed by atoms with Gasteiger partial charge < -0.3 is 14.8 Å². The number of nitrogens with zero attached hydrogens (tertiary/aromatic N) is 3. The minimum Gasteiger partial charge on any atom is -0.367 e. The molecule has 3 heterocycles. The number of hydrogen-bond acceptors (Lipinski definition) is 4. The molecule has 2 aromatic carbocycles. The molecule has 26 heavy (non-hydrogen) atoms. The number of aryl methyl sites for hydroxylation is 1. The van der Waals surface area contributed by atoms with Crippen molar-refractivity contribution in [3.05, 3.63) is 53.5 Å². The van der Waals surface area contributed by atoms with Gasteiger partial charge in [0.15, 0.2) is 5.13 Å². The second kappa shape index (κ2) is 5.71. The van der Waals surface area contributed by atoms with Crippen LogP contribution in [0.15, 0.2) is 36.4 Å². The quantitative estimate of drug-likeness (QED) is 0.566.